The fourth-order valence-corrected chi connectivity index (χ4v) is 2.93. The zero-order valence-corrected chi connectivity index (χ0v) is 13.5. The van der Waals surface area contributed by atoms with E-state index >= 15 is 0 Å². The zero-order chi connectivity index (χ0) is 15.9. The maximum atomic E-state index is 11.4. The fourth-order valence-electron chi connectivity index (χ4n) is 2.31. The quantitative estimate of drug-likeness (QED) is 0.808. The lowest BCUT2D eigenvalue weighted by Gasteiger charge is -2.09. The van der Waals surface area contributed by atoms with Crippen LogP contribution in [-0.4, -0.2) is 24.1 Å². The first-order chi connectivity index (χ1) is 10.3. The van der Waals surface area contributed by atoms with Gasteiger partial charge in [-0.3, -0.25) is 4.72 Å². The number of anilines is 1. The van der Waals surface area contributed by atoms with Crippen LogP contribution < -0.4 is 4.72 Å². The van der Waals surface area contributed by atoms with Crippen LogP contribution >= 0.6 is 0 Å². The van der Waals surface area contributed by atoms with E-state index in [1.54, 1.807) is 0 Å². The van der Waals surface area contributed by atoms with Crippen molar-refractivity contribution in [2.75, 3.05) is 11.0 Å². The van der Waals surface area contributed by atoms with Crippen molar-refractivity contribution in [2.45, 2.75) is 13.8 Å². The molecule has 0 amide bonds. The summed E-state index contributed by atoms with van der Waals surface area (Å²) in [5.74, 6) is 0. The molecule has 0 radical (unpaired) electrons. The summed E-state index contributed by atoms with van der Waals surface area (Å²) in [7, 11) is -3.30. The normalized spacial score (nSPS) is 11.8. The Labute approximate surface area is 129 Å². The summed E-state index contributed by atoms with van der Waals surface area (Å²) in [6.45, 7) is 3.89. The van der Waals surface area contributed by atoms with Crippen molar-refractivity contribution in [2.24, 2.45) is 0 Å². The second-order valence-electron chi connectivity index (χ2n) is 5.50. The Morgan fingerprint density at radius 1 is 1.14 bits per heavy atom. The molecule has 0 spiro atoms. The molecular weight excluding hydrogens is 298 g/mol. The molecule has 0 aliphatic heterocycles. The second kappa shape index (κ2) is 5.14. The van der Waals surface area contributed by atoms with E-state index in [1.807, 2.05) is 61.0 Å². The highest BCUT2D eigenvalue weighted by atomic mass is 32.2. The van der Waals surface area contributed by atoms with Crippen molar-refractivity contribution < 1.29 is 8.42 Å². The SMILES string of the molecule is Cc1ccn2cc(-c3ccc(C)c(NS(C)(=O)=O)c3)nc2c1. The topological polar surface area (TPSA) is 63.5 Å². The fraction of sp³-hybridized carbons (Fsp3) is 0.188. The molecule has 0 bridgehead atoms. The number of pyridine rings is 1. The second-order valence-corrected chi connectivity index (χ2v) is 7.25. The van der Waals surface area contributed by atoms with Gasteiger partial charge in [-0.15, -0.1) is 0 Å². The molecule has 3 rings (SSSR count). The molecule has 1 aromatic carbocycles. The lowest BCUT2D eigenvalue weighted by atomic mass is 10.1. The van der Waals surface area contributed by atoms with Crippen LogP contribution in [0.5, 0.6) is 0 Å². The van der Waals surface area contributed by atoms with Crippen LogP contribution in [0.25, 0.3) is 16.9 Å². The summed E-state index contributed by atoms with van der Waals surface area (Å²) >= 11 is 0. The van der Waals surface area contributed by atoms with Crippen LogP contribution in [0.2, 0.25) is 0 Å². The van der Waals surface area contributed by atoms with Crippen LogP contribution in [-0.2, 0) is 10.0 Å². The third-order valence-corrected chi connectivity index (χ3v) is 4.04. The molecule has 3 aromatic rings. The molecule has 0 atom stereocenters. The Morgan fingerprint density at radius 3 is 2.64 bits per heavy atom. The van der Waals surface area contributed by atoms with E-state index in [-0.39, 0.29) is 0 Å². The number of benzene rings is 1. The van der Waals surface area contributed by atoms with E-state index in [0.29, 0.717) is 5.69 Å². The molecule has 6 heteroatoms. The summed E-state index contributed by atoms with van der Waals surface area (Å²) in [4.78, 5) is 4.60. The van der Waals surface area contributed by atoms with Crippen molar-refractivity contribution in [3.8, 4) is 11.3 Å². The van der Waals surface area contributed by atoms with Crippen molar-refractivity contribution in [1.29, 1.82) is 0 Å². The van der Waals surface area contributed by atoms with Crippen molar-refractivity contribution in [3.05, 3.63) is 53.9 Å². The predicted molar refractivity (Wildman–Crippen MR) is 88.6 cm³/mol. The molecule has 1 N–H and O–H groups in total. The van der Waals surface area contributed by atoms with Gasteiger partial charge in [-0.1, -0.05) is 12.1 Å². The number of aryl methyl sites for hydroxylation is 2. The highest BCUT2D eigenvalue weighted by Gasteiger charge is 2.09. The molecule has 2 heterocycles. The number of nitrogens with zero attached hydrogens (tertiary/aromatic N) is 2. The molecule has 0 aliphatic carbocycles. The average molecular weight is 315 g/mol. The minimum Gasteiger partial charge on any atom is -0.306 e. The van der Waals surface area contributed by atoms with Gasteiger partial charge >= 0.3 is 0 Å². The first-order valence-corrected chi connectivity index (χ1v) is 8.75. The Balaban J connectivity index is 2.08. The predicted octanol–water partition coefficient (Wildman–Crippen LogP) is 2.99. The van der Waals surface area contributed by atoms with Gasteiger partial charge in [0.25, 0.3) is 0 Å². The minimum absolute atomic E-state index is 0.577. The number of rotatable bonds is 3. The number of aromatic nitrogens is 2. The summed E-state index contributed by atoms with van der Waals surface area (Å²) in [5, 5.41) is 0. The third-order valence-electron chi connectivity index (χ3n) is 3.44. The molecule has 2 aromatic heterocycles. The number of nitrogens with one attached hydrogen (secondary N) is 1. The highest BCUT2D eigenvalue weighted by Crippen LogP contribution is 2.26. The monoisotopic (exact) mass is 315 g/mol. The standard InChI is InChI=1S/C16H17N3O2S/c1-11-6-7-19-10-15(17-16(19)8-11)13-5-4-12(2)14(9-13)18-22(3,20)21/h4-10,18H,1-3H3. The lowest BCUT2D eigenvalue weighted by Crippen LogP contribution is -2.10. The molecule has 0 unspecified atom stereocenters. The smallest absolute Gasteiger partial charge is 0.229 e. The van der Waals surface area contributed by atoms with Gasteiger partial charge in [0.2, 0.25) is 10.0 Å². The zero-order valence-electron chi connectivity index (χ0n) is 12.7. The molecule has 0 fully saturated rings. The lowest BCUT2D eigenvalue weighted by molar-refractivity contribution is 0.607. The molecule has 0 saturated heterocycles. The summed E-state index contributed by atoms with van der Waals surface area (Å²) < 4.78 is 27.4. The number of fused-ring (bicyclic) bond motifs is 1. The third kappa shape index (κ3) is 2.96. The van der Waals surface area contributed by atoms with Crippen molar-refractivity contribution in [1.82, 2.24) is 9.38 Å². The molecule has 114 valence electrons. The van der Waals surface area contributed by atoms with Crippen LogP contribution in [0.4, 0.5) is 5.69 Å². The molecule has 5 nitrogen and oxygen atoms in total. The Kier molecular flexibility index (Phi) is 3.41. The van der Waals surface area contributed by atoms with Crippen LogP contribution in [0.15, 0.2) is 42.7 Å². The Bertz CT molecular complexity index is 959. The minimum atomic E-state index is -3.30. The van der Waals surface area contributed by atoms with E-state index in [0.717, 1.165) is 34.3 Å². The van der Waals surface area contributed by atoms with E-state index in [9.17, 15) is 8.42 Å². The van der Waals surface area contributed by atoms with Gasteiger partial charge < -0.3 is 4.40 Å². The first-order valence-electron chi connectivity index (χ1n) is 6.86. The largest absolute Gasteiger partial charge is 0.306 e. The highest BCUT2D eigenvalue weighted by molar-refractivity contribution is 7.92. The summed E-state index contributed by atoms with van der Waals surface area (Å²) in [5.41, 5.74) is 5.14. The van der Waals surface area contributed by atoms with Gasteiger partial charge in [0.05, 0.1) is 17.6 Å². The van der Waals surface area contributed by atoms with Crippen molar-refractivity contribution >= 4 is 21.4 Å². The van der Waals surface area contributed by atoms with Gasteiger partial charge in [0.1, 0.15) is 5.65 Å². The van der Waals surface area contributed by atoms with Gasteiger partial charge in [0, 0.05) is 18.0 Å². The maximum Gasteiger partial charge on any atom is 0.229 e. The van der Waals surface area contributed by atoms with E-state index < -0.39 is 10.0 Å². The Morgan fingerprint density at radius 2 is 1.91 bits per heavy atom. The van der Waals surface area contributed by atoms with E-state index in [1.165, 1.54) is 0 Å². The number of imidazole rings is 1. The maximum absolute atomic E-state index is 11.4. The van der Waals surface area contributed by atoms with Crippen LogP contribution in [0.1, 0.15) is 11.1 Å². The summed E-state index contributed by atoms with van der Waals surface area (Å²) in [6, 6.07) is 9.66. The Hall–Kier alpha value is -2.34. The van der Waals surface area contributed by atoms with Crippen LogP contribution in [0, 0.1) is 13.8 Å². The molecule has 22 heavy (non-hydrogen) atoms. The van der Waals surface area contributed by atoms with E-state index in [2.05, 4.69) is 9.71 Å². The molecular formula is C16H17N3O2S. The molecule has 0 aliphatic rings. The first kappa shape index (κ1) is 14.6. The van der Waals surface area contributed by atoms with Gasteiger partial charge in [-0.05, 0) is 43.2 Å². The van der Waals surface area contributed by atoms with Gasteiger partial charge in [0.15, 0.2) is 0 Å². The van der Waals surface area contributed by atoms with Crippen LogP contribution in [0.3, 0.4) is 0 Å². The summed E-state index contributed by atoms with van der Waals surface area (Å²) in [6.07, 6.45) is 5.04. The number of hydrogen-bond donors (Lipinski definition) is 1. The van der Waals surface area contributed by atoms with Gasteiger partial charge in [-0.25, -0.2) is 13.4 Å². The number of hydrogen-bond acceptors (Lipinski definition) is 3. The van der Waals surface area contributed by atoms with E-state index in [4.69, 9.17) is 0 Å². The van der Waals surface area contributed by atoms with Crippen molar-refractivity contribution in [3.63, 3.8) is 0 Å². The molecule has 0 saturated carbocycles. The van der Waals surface area contributed by atoms with Gasteiger partial charge in [-0.2, -0.15) is 0 Å². The average Bonchev–Trinajstić information content (AvgIpc) is 2.82. The number of sulfonamides is 1.